The molecule has 5 rings (SSSR count). The van der Waals surface area contributed by atoms with E-state index < -0.39 is 46.2 Å². The number of hydrogen-bond donors (Lipinski definition) is 2. The molecule has 0 fully saturated rings. The van der Waals surface area contributed by atoms with Crippen molar-refractivity contribution in [2.24, 2.45) is 0 Å². The van der Waals surface area contributed by atoms with E-state index in [9.17, 15) is 27.2 Å². The summed E-state index contributed by atoms with van der Waals surface area (Å²) in [5.74, 6) is -1.20. The molecule has 0 radical (unpaired) electrons. The van der Waals surface area contributed by atoms with Crippen molar-refractivity contribution < 1.29 is 22.0 Å². The van der Waals surface area contributed by atoms with Gasteiger partial charge in [-0.15, -0.1) is 5.10 Å². The molecular formula is C25H20F5N7O2. The predicted octanol–water partition coefficient (Wildman–Crippen LogP) is 4.37. The van der Waals surface area contributed by atoms with Crippen LogP contribution in [0.1, 0.15) is 25.3 Å². The van der Waals surface area contributed by atoms with Crippen molar-refractivity contribution in [2.45, 2.75) is 38.5 Å². The SMILES string of the molecule is C[C@@H](CCCn1ccc2cc(-c3nc4cc(F)ccn4n3)c(F)cc2c1=O)Nc1cn[nH]c(=O)c1C(F)(F)F. The minimum Gasteiger partial charge on any atom is -0.381 e. The van der Waals surface area contributed by atoms with E-state index in [-0.39, 0.29) is 29.0 Å². The number of alkyl halides is 3. The molecule has 9 nitrogen and oxygen atoms in total. The lowest BCUT2D eigenvalue weighted by atomic mass is 10.1. The van der Waals surface area contributed by atoms with Gasteiger partial charge in [-0.05, 0) is 49.4 Å². The highest BCUT2D eigenvalue weighted by molar-refractivity contribution is 5.86. The third-order valence-corrected chi connectivity index (χ3v) is 6.18. The largest absolute Gasteiger partial charge is 0.423 e. The van der Waals surface area contributed by atoms with Crippen LogP contribution in [0.15, 0.2) is 58.5 Å². The first-order valence-electron chi connectivity index (χ1n) is 11.8. The quantitative estimate of drug-likeness (QED) is 0.294. The second kappa shape index (κ2) is 9.93. The highest BCUT2D eigenvalue weighted by Gasteiger charge is 2.37. The van der Waals surface area contributed by atoms with Crippen molar-refractivity contribution in [3.63, 3.8) is 0 Å². The van der Waals surface area contributed by atoms with Gasteiger partial charge in [-0.1, -0.05) is 0 Å². The first-order chi connectivity index (χ1) is 18.5. The van der Waals surface area contributed by atoms with E-state index in [0.29, 0.717) is 18.2 Å². The number of halogens is 5. The molecular weight excluding hydrogens is 525 g/mol. The summed E-state index contributed by atoms with van der Waals surface area (Å²) in [6.45, 7) is 1.87. The molecule has 0 aliphatic carbocycles. The number of nitrogens with one attached hydrogen (secondary N) is 2. The first-order valence-corrected chi connectivity index (χ1v) is 11.8. The molecule has 202 valence electrons. The number of aromatic nitrogens is 6. The molecule has 1 aromatic carbocycles. The number of aromatic amines is 1. The minimum atomic E-state index is -4.86. The van der Waals surface area contributed by atoms with Gasteiger partial charge in [0.1, 0.15) is 17.2 Å². The maximum absolute atomic E-state index is 15.0. The summed E-state index contributed by atoms with van der Waals surface area (Å²) in [4.78, 5) is 28.8. The third kappa shape index (κ3) is 5.22. The fourth-order valence-electron chi connectivity index (χ4n) is 4.32. The monoisotopic (exact) mass is 545 g/mol. The zero-order valence-corrected chi connectivity index (χ0v) is 20.3. The van der Waals surface area contributed by atoms with Crippen LogP contribution in [-0.4, -0.2) is 35.4 Å². The van der Waals surface area contributed by atoms with Gasteiger partial charge in [0, 0.05) is 31.0 Å². The second-order valence-electron chi connectivity index (χ2n) is 8.99. The second-order valence-corrected chi connectivity index (χ2v) is 8.99. The van der Waals surface area contributed by atoms with Crippen molar-refractivity contribution in [1.82, 2.24) is 29.4 Å². The van der Waals surface area contributed by atoms with E-state index in [0.717, 1.165) is 18.3 Å². The molecule has 0 bridgehead atoms. The van der Waals surface area contributed by atoms with Crippen LogP contribution in [0, 0.1) is 11.6 Å². The number of nitrogens with zero attached hydrogens (tertiary/aromatic N) is 5. The molecule has 5 aromatic rings. The molecule has 0 aliphatic rings. The molecule has 0 spiro atoms. The molecule has 4 heterocycles. The normalized spacial score (nSPS) is 12.8. The lowest BCUT2D eigenvalue weighted by Crippen LogP contribution is -2.27. The Kier molecular flexibility index (Phi) is 6.62. The topological polar surface area (TPSA) is 110 Å². The van der Waals surface area contributed by atoms with Crippen molar-refractivity contribution in [2.75, 3.05) is 5.32 Å². The van der Waals surface area contributed by atoms with Crippen molar-refractivity contribution in [1.29, 1.82) is 0 Å². The van der Waals surface area contributed by atoms with E-state index in [2.05, 4.69) is 20.5 Å². The molecule has 0 aliphatic heterocycles. The number of benzene rings is 1. The van der Waals surface area contributed by atoms with Crippen LogP contribution in [0.5, 0.6) is 0 Å². The summed E-state index contributed by atoms with van der Waals surface area (Å²) < 4.78 is 70.9. The summed E-state index contributed by atoms with van der Waals surface area (Å²) in [6, 6.07) is 6.06. The summed E-state index contributed by atoms with van der Waals surface area (Å²) in [7, 11) is 0. The average Bonchev–Trinajstić information content (AvgIpc) is 3.27. The number of pyridine rings is 2. The summed E-state index contributed by atoms with van der Waals surface area (Å²) >= 11 is 0. The van der Waals surface area contributed by atoms with Gasteiger partial charge >= 0.3 is 6.18 Å². The molecule has 39 heavy (non-hydrogen) atoms. The van der Waals surface area contributed by atoms with Crippen LogP contribution in [0.2, 0.25) is 0 Å². The van der Waals surface area contributed by atoms with Gasteiger partial charge in [0.05, 0.1) is 22.8 Å². The van der Waals surface area contributed by atoms with Crippen LogP contribution < -0.4 is 16.4 Å². The molecule has 0 saturated carbocycles. The summed E-state index contributed by atoms with van der Waals surface area (Å²) in [5.41, 5.74) is -3.32. The van der Waals surface area contributed by atoms with Crippen LogP contribution in [0.25, 0.3) is 27.8 Å². The van der Waals surface area contributed by atoms with E-state index in [1.54, 1.807) is 24.3 Å². The predicted molar refractivity (Wildman–Crippen MR) is 132 cm³/mol. The Morgan fingerprint density at radius 1 is 1.10 bits per heavy atom. The Morgan fingerprint density at radius 3 is 2.67 bits per heavy atom. The standard InChI is InChI=1S/C25H20F5N7O2/c1-13(32-19-12-31-34-23(38)21(19)25(28,29)30)3-2-6-36-7-4-14-9-17(18(27)11-16(14)24(36)39)22-33-20-10-15(26)5-8-37(20)35-22/h4-5,7-13H,2-3,6H2,1H3,(H2,32,34,38)/t13-/m0/s1. The average molecular weight is 545 g/mol. The Balaban J connectivity index is 1.31. The van der Waals surface area contributed by atoms with Crippen LogP contribution in [0.4, 0.5) is 27.6 Å². The Hall–Kier alpha value is -4.62. The molecule has 4 aromatic heterocycles. The fraction of sp³-hybridized carbons (Fsp3) is 0.240. The Labute approximate surface area is 215 Å². The number of aryl methyl sites for hydroxylation is 1. The number of rotatable bonds is 7. The number of H-pyrrole nitrogens is 1. The fourth-order valence-corrected chi connectivity index (χ4v) is 4.32. The molecule has 0 amide bonds. The highest BCUT2D eigenvalue weighted by atomic mass is 19.4. The van der Waals surface area contributed by atoms with E-state index in [1.807, 2.05) is 0 Å². The van der Waals surface area contributed by atoms with Gasteiger partial charge in [-0.3, -0.25) is 9.59 Å². The molecule has 14 heteroatoms. The van der Waals surface area contributed by atoms with Crippen LogP contribution in [-0.2, 0) is 12.7 Å². The van der Waals surface area contributed by atoms with Gasteiger partial charge < -0.3 is 9.88 Å². The van der Waals surface area contributed by atoms with Gasteiger partial charge in [0.25, 0.3) is 11.1 Å². The maximum atomic E-state index is 15.0. The van der Waals surface area contributed by atoms with Crippen LogP contribution >= 0.6 is 0 Å². The highest BCUT2D eigenvalue weighted by Crippen LogP contribution is 2.32. The van der Waals surface area contributed by atoms with Gasteiger partial charge in [-0.25, -0.2) is 23.4 Å². The van der Waals surface area contributed by atoms with Crippen LogP contribution in [0.3, 0.4) is 0 Å². The molecule has 2 N–H and O–H groups in total. The van der Waals surface area contributed by atoms with E-state index in [4.69, 9.17) is 0 Å². The number of hydrogen-bond acceptors (Lipinski definition) is 6. The van der Waals surface area contributed by atoms with E-state index >= 15 is 4.39 Å². The smallest absolute Gasteiger partial charge is 0.381 e. The third-order valence-electron chi connectivity index (χ3n) is 6.18. The van der Waals surface area contributed by atoms with E-state index in [1.165, 1.54) is 27.4 Å². The van der Waals surface area contributed by atoms with Gasteiger partial charge in [-0.2, -0.15) is 18.3 Å². The van der Waals surface area contributed by atoms with Gasteiger partial charge in [0.2, 0.25) is 0 Å². The number of fused-ring (bicyclic) bond motifs is 2. The van der Waals surface area contributed by atoms with Gasteiger partial charge in [0.15, 0.2) is 11.5 Å². The summed E-state index contributed by atoms with van der Waals surface area (Å²) in [5, 5.41) is 12.6. The first kappa shape index (κ1) is 26.0. The summed E-state index contributed by atoms with van der Waals surface area (Å²) in [6.07, 6.45) is -0.287. The van der Waals surface area contributed by atoms with Crippen molar-refractivity contribution >= 4 is 22.1 Å². The molecule has 0 saturated heterocycles. The zero-order chi connectivity index (χ0) is 27.9. The van der Waals surface area contributed by atoms with Crippen molar-refractivity contribution in [3.8, 4) is 11.4 Å². The Morgan fingerprint density at radius 2 is 1.90 bits per heavy atom. The van der Waals surface area contributed by atoms with Crippen molar-refractivity contribution in [3.05, 3.63) is 86.8 Å². The molecule has 1 atom stereocenters. The lowest BCUT2D eigenvalue weighted by molar-refractivity contribution is -0.138. The lowest BCUT2D eigenvalue weighted by Gasteiger charge is -2.18. The molecule has 0 unspecified atom stereocenters. The maximum Gasteiger partial charge on any atom is 0.423 e. The number of anilines is 1. The minimum absolute atomic E-state index is 0.0370. The zero-order valence-electron chi connectivity index (χ0n) is 20.3. The Bertz CT molecular complexity index is 1810.